The van der Waals surface area contributed by atoms with Gasteiger partial charge >= 0.3 is 0 Å². The second-order valence-corrected chi connectivity index (χ2v) is 5.08. The van der Waals surface area contributed by atoms with Crippen molar-refractivity contribution in [1.29, 1.82) is 0 Å². The number of hydrogen-bond acceptors (Lipinski definition) is 5. The Hall–Kier alpha value is -1.89. The van der Waals surface area contributed by atoms with Gasteiger partial charge in [0, 0.05) is 16.8 Å². The Bertz CT molecular complexity index is 638. The average molecular weight is 310 g/mol. The molecular weight excluding hydrogens is 294 g/mol. The molecule has 0 saturated carbocycles. The van der Waals surface area contributed by atoms with Crippen LogP contribution in [0.15, 0.2) is 30.6 Å². The third kappa shape index (κ3) is 4.56. The molecule has 21 heavy (non-hydrogen) atoms. The lowest BCUT2D eigenvalue weighted by atomic mass is 10.2. The van der Waals surface area contributed by atoms with Crippen LogP contribution in [-0.4, -0.2) is 37.4 Å². The van der Waals surface area contributed by atoms with Crippen LogP contribution >= 0.6 is 11.6 Å². The number of halogens is 1. The maximum absolute atomic E-state index is 8.77. The van der Waals surface area contributed by atoms with Crippen molar-refractivity contribution in [2.45, 2.75) is 26.2 Å². The van der Waals surface area contributed by atoms with E-state index in [2.05, 4.69) is 10.1 Å². The molecule has 1 aromatic carbocycles. The fourth-order valence-corrected chi connectivity index (χ4v) is 1.90. The van der Waals surface area contributed by atoms with Gasteiger partial charge in [0.2, 0.25) is 0 Å². The van der Waals surface area contributed by atoms with Crippen LogP contribution in [0.3, 0.4) is 0 Å². The minimum absolute atomic E-state index is 0.0378. The fraction of sp³-hybridized carbons (Fsp3) is 0.286. The van der Waals surface area contributed by atoms with Crippen molar-refractivity contribution in [2.75, 3.05) is 0 Å². The molecule has 6 nitrogen and oxygen atoms in total. The minimum Gasteiger partial charge on any atom is -0.491 e. The van der Waals surface area contributed by atoms with Gasteiger partial charge in [0.05, 0.1) is 6.10 Å². The second kappa shape index (κ2) is 6.71. The summed E-state index contributed by atoms with van der Waals surface area (Å²) >= 11 is 6.07. The molecule has 0 aliphatic rings. The molecule has 0 radical (unpaired) electrons. The van der Waals surface area contributed by atoms with Gasteiger partial charge in [0.1, 0.15) is 12.1 Å². The summed E-state index contributed by atoms with van der Waals surface area (Å²) in [6.07, 6.45) is 2.53. The first-order valence-corrected chi connectivity index (χ1v) is 6.75. The largest absolute Gasteiger partial charge is 0.491 e. The van der Waals surface area contributed by atoms with Crippen LogP contribution in [0, 0.1) is 0 Å². The Labute approximate surface area is 127 Å². The highest BCUT2D eigenvalue weighted by atomic mass is 35.5. The lowest BCUT2D eigenvalue weighted by Crippen LogP contribution is -2.05. The van der Waals surface area contributed by atoms with Crippen LogP contribution in [0.5, 0.6) is 5.75 Å². The van der Waals surface area contributed by atoms with E-state index >= 15 is 0 Å². The monoisotopic (exact) mass is 309 g/mol. The molecule has 0 aliphatic carbocycles. The summed E-state index contributed by atoms with van der Waals surface area (Å²) in [5.74, 6) is 1.10. The van der Waals surface area contributed by atoms with E-state index in [9.17, 15) is 0 Å². The number of hydrogen-bond donors (Lipinski definition) is 2. The molecule has 2 N–H and O–H groups in total. The smallest absolute Gasteiger partial charge is 0.181 e. The summed E-state index contributed by atoms with van der Waals surface area (Å²) in [5, 5.41) is 22.3. The van der Waals surface area contributed by atoms with Gasteiger partial charge in [-0.15, -0.1) is 5.10 Å². The van der Waals surface area contributed by atoms with E-state index in [4.69, 9.17) is 26.6 Å². The molecule has 2 aromatic rings. The minimum atomic E-state index is -1.53. The number of aliphatic hydroxyl groups excluding tert-OH is 1. The van der Waals surface area contributed by atoms with Crippen molar-refractivity contribution in [3.8, 4) is 17.1 Å². The van der Waals surface area contributed by atoms with Gasteiger partial charge in [-0.1, -0.05) is 11.6 Å². The van der Waals surface area contributed by atoms with Crippen LogP contribution in [0.4, 0.5) is 0 Å². The van der Waals surface area contributed by atoms with Crippen molar-refractivity contribution in [2.24, 2.45) is 0 Å². The quantitative estimate of drug-likeness (QED) is 0.827. The number of aliphatic hydroxyl groups is 2. The van der Waals surface area contributed by atoms with Crippen LogP contribution in [0.2, 0.25) is 5.02 Å². The van der Waals surface area contributed by atoms with Crippen LogP contribution in [0.1, 0.15) is 13.8 Å². The lowest BCUT2D eigenvalue weighted by Gasteiger charge is -2.10. The van der Waals surface area contributed by atoms with Gasteiger partial charge in [-0.3, -0.25) is 0 Å². The first kappa shape index (κ1) is 15.5. The molecule has 1 heterocycles. The van der Waals surface area contributed by atoms with E-state index in [0.29, 0.717) is 16.6 Å². The van der Waals surface area contributed by atoms with Gasteiger partial charge < -0.3 is 14.9 Å². The second-order valence-electron chi connectivity index (χ2n) is 4.65. The molecule has 0 fully saturated rings. The van der Waals surface area contributed by atoms with E-state index in [0.717, 1.165) is 5.56 Å². The zero-order valence-corrected chi connectivity index (χ0v) is 12.4. The van der Waals surface area contributed by atoms with Gasteiger partial charge in [-0.2, -0.15) is 0 Å². The summed E-state index contributed by atoms with van der Waals surface area (Å²) in [4.78, 5) is 4.15. The number of aromatic nitrogens is 3. The molecule has 2 rings (SSSR count). The predicted molar refractivity (Wildman–Crippen MR) is 79.8 cm³/mol. The lowest BCUT2D eigenvalue weighted by molar-refractivity contribution is 0.00284. The SMILES string of the molecule is CC(C)Oc1cc(Cl)cc(-c2ncn(/C=C\C(O)O)n2)c1. The Balaban J connectivity index is 2.27. The fourth-order valence-electron chi connectivity index (χ4n) is 1.68. The molecule has 0 amide bonds. The highest BCUT2D eigenvalue weighted by Gasteiger charge is 2.08. The van der Waals surface area contributed by atoms with Crippen molar-refractivity contribution in [1.82, 2.24) is 14.8 Å². The molecular formula is C14H16ClN3O3. The number of rotatable bonds is 5. The molecule has 112 valence electrons. The first-order chi connectivity index (χ1) is 9.94. The van der Waals surface area contributed by atoms with E-state index in [1.165, 1.54) is 23.3 Å². The van der Waals surface area contributed by atoms with Crippen molar-refractivity contribution >= 4 is 17.8 Å². The van der Waals surface area contributed by atoms with Crippen LogP contribution < -0.4 is 4.74 Å². The summed E-state index contributed by atoms with van der Waals surface area (Å²) in [6.45, 7) is 3.86. The van der Waals surface area contributed by atoms with E-state index in [1.54, 1.807) is 18.2 Å². The van der Waals surface area contributed by atoms with Crippen LogP contribution in [-0.2, 0) is 0 Å². The molecule has 0 aliphatic heterocycles. The molecule has 7 heteroatoms. The van der Waals surface area contributed by atoms with Crippen molar-refractivity contribution in [3.05, 3.63) is 35.6 Å². The Kier molecular flexibility index (Phi) is 4.95. The summed E-state index contributed by atoms with van der Waals surface area (Å²) in [5.41, 5.74) is 0.717. The van der Waals surface area contributed by atoms with E-state index < -0.39 is 6.29 Å². The normalized spacial score (nSPS) is 11.8. The Morgan fingerprint density at radius 3 is 2.71 bits per heavy atom. The predicted octanol–water partition coefficient (Wildman–Crippen LogP) is 2.17. The van der Waals surface area contributed by atoms with Crippen molar-refractivity contribution < 1.29 is 14.9 Å². The maximum Gasteiger partial charge on any atom is 0.181 e. The zero-order valence-electron chi connectivity index (χ0n) is 11.6. The third-order valence-electron chi connectivity index (χ3n) is 2.42. The highest BCUT2D eigenvalue weighted by molar-refractivity contribution is 6.31. The molecule has 0 atom stereocenters. The molecule has 0 bridgehead atoms. The zero-order chi connectivity index (χ0) is 15.4. The molecule has 0 unspecified atom stereocenters. The number of nitrogens with zero attached hydrogens (tertiary/aromatic N) is 3. The van der Waals surface area contributed by atoms with Crippen LogP contribution in [0.25, 0.3) is 17.6 Å². The first-order valence-electron chi connectivity index (χ1n) is 6.37. The molecule has 0 spiro atoms. The third-order valence-corrected chi connectivity index (χ3v) is 2.64. The van der Waals surface area contributed by atoms with Gasteiger partial charge in [-0.25, -0.2) is 9.67 Å². The molecule has 0 saturated heterocycles. The van der Waals surface area contributed by atoms with Gasteiger partial charge in [-0.05, 0) is 38.1 Å². The number of ether oxygens (including phenoxy) is 1. The van der Waals surface area contributed by atoms with E-state index in [-0.39, 0.29) is 6.10 Å². The van der Waals surface area contributed by atoms with Gasteiger partial charge in [0.25, 0.3) is 0 Å². The summed E-state index contributed by atoms with van der Waals surface area (Å²) in [7, 11) is 0. The van der Waals surface area contributed by atoms with E-state index in [1.807, 2.05) is 13.8 Å². The average Bonchev–Trinajstić information content (AvgIpc) is 2.83. The van der Waals surface area contributed by atoms with Gasteiger partial charge in [0.15, 0.2) is 12.1 Å². The standard InChI is InChI=1S/C14H16ClN3O3/c1-9(2)21-12-6-10(5-11(15)7-12)14-16-8-18(17-14)4-3-13(19)20/h3-9,13,19-20H,1-2H3/b4-3-. The van der Waals surface area contributed by atoms with Crippen molar-refractivity contribution in [3.63, 3.8) is 0 Å². The topological polar surface area (TPSA) is 80.4 Å². The Morgan fingerprint density at radius 2 is 2.05 bits per heavy atom. The Morgan fingerprint density at radius 1 is 1.29 bits per heavy atom. The number of benzene rings is 1. The summed E-state index contributed by atoms with van der Waals surface area (Å²) < 4.78 is 6.99. The maximum atomic E-state index is 8.77. The molecule has 1 aromatic heterocycles. The highest BCUT2D eigenvalue weighted by Crippen LogP contribution is 2.27. The summed E-state index contributed by atoms with van der Waals surface area (Å²) in [6, 6.07) is 5.26.